The van der Waals surface area contributed by atoms with Gasteiger partial charge in [-0.25, -0.2) is 5.48 Å². The normalized spacial score (nSPS) is 17.0. The van der Waals surface area contributed by atoms with Gasteiger partial charge in [0.25, 0.3) is 5.91 Å². The molecule has 0 aliphatic carbocycles. The van der Waals surface area contributed by atoms with Gasteiger partial charge in [0.05, 0.1) is 24.1 Å². The second-order valence-electron chi connectivity index (χ2n) is 8.96. The van der Waals surface area contributed by atoms with Gasteiger partial charge >= 0.3 is 0 Å². The molecule has 10 nitrogen and oxygen atoms in total. The number of hydrogen-bond acceptors (Lipinski definition) is 7. The first-order chi connectivity index (χ1) is 17.9. The number of nitrogens with one attached hydrogen (secondary N) is 2. The molecule has 194 valence electrons. The molecule has 1 aromatic heterocycles. The van der Waals surface area contributed by atoms with Crippen LogP contribution in [0.5, 0.6) is 5.75 Å². The molecule has 0 spiro atoms. The van der Waals surface area contributed by atoms with Crippen LogP contribution in [0.2, 0.25) is 0 Å². The number of benzene rings is 2. The predicted molar refractivity (Wildman–Crippen MR) is 135 cm³/mol. The molecule has 2 heterocycles. The summed E-state index contributed by atoms with van der Waals surface area (Å²) < 4.78 is 10.8. The molecule has 3 N–H and O–H groups in total. The lowest BCUT2D eigenvalue weighted by molar-refractivity contribution is -0.135. The van der Waals surface area contributed by atoms with Gasteiger partial charge in [-0.15, -0.1) is 0 Å². The van der Waals surface area contributed by atoms with Gasteiger partial charge < -0.3 is 19.7 Å². The standard InChI is InChI=1S/C27H30N4O6/c1-17-13-19(21-5-3-4-6-23(21)28-17)11-12-37-20-9-7-18(8-10-20)26(33)29-24-15-31(25(32)16-36-2)14-22(24)27(34)30-35/h3-10,13,22,24,35H,11-12,14-16H2,1-2H3,(H,29,33)(H,30,34)/t22-,24+/m0/s1. The SMILES string of the molecule is COCC(=O)N1C[C@H](C(=O)NO)[C@H](NC(=O)c2ccc(OCCc3cc(C)nc4ccccc34)cc2)C1. The fraction of sp³-hybridized carbons (Fsp3) is 0.333. The number of rotatable bonds is 9. The first-order valence-electron chi connectivity index (χ1n) is 12.0. The Kier molecular flexibility index (Phi) is 8.32. The highest BCUT2D eigenvalue weighted by atomic mass is 16.5. The Morgan fingerprint density at radius 3 is 2.59 bits per heavy atom. The molecule has 2 aromatic carbocycles. The number of para-hydroxylation sites is 1. The second kappa shape index (κ2) is 11.8. The van der Waals surface area contributed by atoms with E-state index in [1.165, 1.54) is 12.0 Å². The Hall–Kier alpha value is -4.02. The largest absolute Gasteiger partial charge is 0.493 e. The quantitative estimate of drug-likeness (QED) is 0.298. The highest BCUT2D eigenvalue weighted by Crippen LogP contribution is 2.21. The lowest BCUT2D eigenvalue weighted by Crippen LogP contribution is -2.45. The van der Waals surface area contributed by atoms with Crippen LogP contribution < -0.4 is 15.5 Å². The molecule has 1 aliphatic heterocycles. The van der Waals surface area contributed by atoms with Crippen LogP contribution in [0, 0.1) is 12.8 Å². The second-order valence-corrected chi connectivity index (χ2v) is 8.96. The Bertz CT molecular complexity index is 1280. The minimum Gasteiger partial charge on any atom is -0.493 e. The third-order valence-corrected chi connectivity index (χ3v) is 6.39. The summed E-state index contributed by atoms with van der Waals surface area (Å²) in [6, 6.07) is 16.1. The van der Waals surface area contributed by atoms with Crippen LogP contribution in [0.1, 0.15) is 21.6 Å². The van der Waals surface area contributed by atoms with E-state index in [1.54, 1.807) is 29.7 Å². The molecule has 10 heteroatoms. The maximum atomic E-state index is 12.8. The summed E-state index contributed by atoms with van der Waals surface area (Å²) in [7, 11) is 1.40. The number of nitrogens with zero attached hydrogens (tertiary/aromatic N) is 2. The Labute approximate surface area is 214 Å². The van der Waals surface area contributed by atoms with Crippen LogP contribution in [-0.2, 0) is 20.7 Å². The van der Waals surface area contributed by atoms with E-state index in [-0.39, 0.29) is 25.6 Å². The zero-order chi connectivity index (χ0) is 26.4. The molecule has 3 aromatic rings. The maximum Gasteiger partial charge on any atom is 0.251 e. The first kappa shape index (κ1) is 26.1. The summed E-state index contributed by atoms with van der Waals surface area (Å²) >= 11 is 0. The molecule has 3 amide bonds. The lowest BCUT2D eigenvalue weighted by atomic mass is 10.0. The summed E-state index contributed by atoms with van der Waals surface area (Å²) in [4.78, 5) is 43.1. The lowest BCUT2D eigenvalue weighted by Gasteiger charge is -2.18. The van der Waals surface area contributed by atoms with Crippen molar-refractivity contribution in [1.29, 1.82) is 0 Å². The summed E-state index contributed by atoms with van der Waals surface area (Å²) in [5.41, 5.74) is 5.07. The maximum absolute atomic E-state index is 12.8. The Morgan fingerprint density at radius 2 is 1.86 bits per heavy atom. The fourth-order valence-corrected chi connectivity index (χ4v) is 4.55. The molecule has 0 radical (unpaired) electrons. The number of amides is 3. The number of aryl methyl sites for hydroxylation is 1. The molecule has 1 fully saturated rings. The van der Waals surface area contributed by atoms with Gasteiger partial charge in [-0.3, -0.25) is 24.6 Å². The summed E-state index contributed by atoms with van der Waals surface area (Å²) in [6.07, 6.45) is 0.709. The van der Waals surface area contributed by atoms with Crippen molar-refractivity contribution in [3.63, 3.8) is 0 Å². The van der Waals surface area contributed by atoms with E-state index in [9.17, 15) is 14.4 Å². The van der Waals surface area contributed by atoms with Crippen molar-refractivity contribution in [2.24, 2.45) is 5.92 Å². The number of hydrogen-bond donors (Lipinski definition) is 3. The van der Waals surface area contributed by atoms with Gasteiger partial charge in [0.1, 0.15) is 12.4 Å². The predicted octanol–water partition coefficient (Wildman–Crippen LogP) is 1.87. The smallest absolute Gasteiger partial charge is 0.251 e. The molecule has 37 heavy (non-hydrogen) atoms. The van der Waals surface area contributed by atoms with Crippen molar-refractivity contribution in [3.05, 3.63) is 71.4 Å². The van der Waals surface area contributed by atoms with E-state index in [4.69, 9.17) is 14.7 Å². The number of hydroxylamine groups is 1. The molecule has 1 aliphatic rings. The molecular weight excluding hydrogens is 476 g/mol. The summed E-state index contributed by atoms with van der Waals surface area (Å²) in [6.45, 7) is 2.51. The van der Waals surface area contributed by atoms with E-state index in [2.05, 4.69) is 22.4 Å². The van der Waals surface area contributed by atoms with Gasteiger partial charge in [-0.1, -0.05) is 18.2 Å². The first-order valence-corrected chi connectivity index (χ1v) is 12.0. The third kappa shape index (κ3) is 6.22. The topological polar surface area (TPSA) is 130 Å². The van der Waals surface area contributed by atoms with Crippen LogP contribution >= 0.6 is 0 Å². The summed E-state index contributed by atoms with van der Waals surface area (Å²) in [5, 5.41) is 13.0. The number of likely N-dealkylation sites (tertiary alicyclic amines) is 1. The van der Waals surface area contributed by atoms with E-state index in [0.717, 1.165) is 22.2 Å². The molecular formula is C27H30N4O6. The molecule has 2 atom stereocenters. The van der Waals surface area contributed by atoms with Crippen LogP contribution in [0.3, 0.4) is 0 Å². The number of fused-ring (bicyclic) bond motifs is 1. The van der Waals surface area contributed by atoms with Crippen LogP contribution in [0.15, 0.2) is 54.6 Å². The molecule has 0 unspecified atom stereocenters. The summed E-state index contributed by atoms with van der Waals surface area (Å²) in [5.74, 6) is -1.52. The van der Waals surface area contributed by atoms with Gasteiger partial charge in [-0.05, 0) is 48.9 Å². The average molecular weight is 507 g/mol. The Morgan fingerprint density at radius 1 is 1.11 bits per heavy atom. The van der Waals surface area contributed by atoms with Crippen LogP contribution in [-0.4, -0.2) is 72.3 Å². The highest BCUT2D eigenvalue weighted by molar-refractivity contribution is 5.95. The number of carbonyl (C=O) groups excluding carboxylic acids is 3. The molecule has 0 saturated carbocycles. The highest BCUT2D eigenvalue weighted by Gasteiger charge is 2.40. The molecule has 1 saturated heterocycles. The third-order valence-electron chi connectivity index (χ3n) is 6.39. The van der Waals surface area contributed by atoms with Crippen LogP contribution in [0.4, 0.5) is 0 Å². The van der Waals surface area contributed by atoms with E-state index in [1.807, 2.05) is 25.1 Å². The van der Waals surface area contributed by atoms with Crippen molar-refractivity contribution in [1.82, 2.24) is 20.7 Å². The van der Waals surface area contributed by atoms with E-state index >= 15 is 0 Å². The number of aromatic nitrogens is 1. The minimum absolute atomic E-state index is 0.0681. The van der Waals surface area contributed by atoms with E-state index < -0.39 is 23.8 Å². The van der Waals surface area contributed by atoms with Gasteiger partial charge in [0.15, 0.2) is 0 Å². The van der Waals surface area contributed by atoms with Crippen molar-refractivity contribution in [2.75, 3.05) is 33.4 Å². The van der Waals surface area contributed by atoms with Crippen molar-refractivity contribution < 1.29 is 29.1 Å². The van der Waals surface area contributed by atoms with Gasteiger partial charge in [-0.2, -0.15) is 0 Å². The van der Waals surface area contributed by atoms with Gasteiger partial charge in [0, 0.05) is 43.3 Å². The van der Waals surface area contributed by atoms with Crippen molar-refractivity contribution >= 4 is 28.6 Å². The van der Waals surface area contributed by atoms with Crippen molar-refractivity contribution in [3.8, 4) is 5.75 Å². The molecule has 4 rings (SSSR count). The van der Waals surface area contributed by atoms with Crippen molar-refractivity contribution in [2.45, 2.75) is 19.4 Å². The molecule has 0 bridgehead atoms. The number of methoxy groups -OCH3 is 1. The Balaban J connectivity index is 1.35. The van der Waals surface area contributed by atoms with E-state index in [0.29, 0.717) is 24.3 Å². The number of ether oxygens (including phenoxy) is 2. The fourth-order valence-electron chi connectivity index (χ4n) is 4.55. The minimum atomic E-state index is -0.787. The number of carbonyl (C=O) groups is 3. The average Bonchev–Trinajstić information content (AvgIpc) is 3.32. The van der Waals surface area contributed by atoms with Crippen LogP contribution in [0.25, 0.3) is 10.9 Å². The zero-order valence-electron chi connectivity index (χ0n) is 20.8. The zero-order valence-corrected chi connectivity index (χ0v) is 20.8. The number of pyridine rings is 1. The van der Waals surface area contributed by atoms with Gasteiger partial charge in [0.2, 0.25) is 11.8 Å². The monoisotopic (exact) mass is 506 g/mol.